The zero-order valence-electron chi connectivity index (χ0n) is 12.2. The predicted molar refractivity (Wildman–Crippen MR) is 86.1 cm³/mol. The Hall–Kier alpha value is -2.64. The number of carbonyl (C=O) groups excluding carboxylic acids is 1. The zero-order valence-corrected chi connectivity index (χ0v) is 12.2. The molecular formula is C18H17N3O. The number of carbonyl (C=O) groups is 1. The summed E-state index contributed by atoms with van der Waals surface area (Å²) in [5.41, 5.74) is 2.57. The second-order valence-corrected chi connectivity index (χ2v) is 5.25. The van der Waals surface area contributed by atoms with E-state index < -0.39 is 0 Å². The number of para-hydroxylation sites is 1. The first-order valence-electron chi connectivity index (χ1n) is 7.40. The van der Waals surface area contributed by atoms with Crippen molar-refractivity contribution in [2.75, 3.05) is 31.1 Å². The lowest BCUT2D eigenvalue weighted by molar-refractivity contribution is 0.103. The van der Waals surface area contributed by atoms with Crippen molar-refractivity contribution in [3.63, 3.8) is 0 Å². The van der Waals surface area contributed by atoms with Gasteiger partial charge in [0.2, 0.25) is 0 Å². The normalized spacial score (nSPS) is 14.4. The second kappa shape index (κ2) is 6.42. The minimum Gasteiger partial charge on any atom is -0.367 e. The molecular weight excluding hydrogens is 274 g/mol. The van der Waals surface area contributed by atoms with Gasteiger partial charge in [0.25, 0.3) is 0 Å². The van der Waals surface area contributed by atoms with Gasteiger partial charge in [-0.2, -0.15) is 5.26 Å². The SMILES string of the molecule is N#Cc1cccc(C(=O)c2ccccc2)c1N1CCNCC1. The highest BCUT2D eigenvalue weighted by Crippen LogP contribution is 2.28. The van der Waals surface area contributed by atoms with Gasteiger partial charge in [0.1, 0.15) is 6.07 Å². The molecule has 110 valence electrons. The lowest BCUT2D eigenvalue weighted by atomic mass is 9.98. The lowest BCUT2D eigenvalue weighted by Gasteiger charge is -2.31. The van der Waals surface area contributed by atoms with Crippen LogP contribution in [0.5, 0.6) is 0 Å². The van der Waals surface area contributed by atoms with Gasteiger partial charge >= 0.3 is 0 Å². The average Bonchev–Trinajstić information content (AvgIpc) is 2.62. The van der Waals surface area contributed by atoms with E-state index in [1.807, 2.05) is 36.4 Å². The molecule has 2 aromatic rings. The van der Waals surface area contributed by atoms with Crippen LogP contribution in [0.2, 0.25) is 0 Å². The Labute approximate surface area is 130 Å². The maximum absolute atomic E-state index is 12.8. The van der Waals surface area contributed by atoms with E-state index in [1.54, 1.807) is 12.1 Å². The van der Waals surface area contributed by atoms with E-state index in [0.717, 1.165) is 31.9 Å². The molecule has 0 aromatic heterocycles. The summed E-state index contributed by atoms with van der Waals surface area (Å²) in [6.07, 6.45) is 0. The number of rotatable bonds is 3. The van der Waals surface area contributed by atoms with Crippen LogP contribution in [0.25, 0.3) is 0 Å². The van der Waals surface area contributed by atoms with Crippen molar-refractivity contribution < 1.29 is 4.79 Å². The largest absolute Gasteiger partial charge is 0.367 e. The van der Waals surface area contributed by atoms with Crippen LogP contribution >= 0.6 is 0 Å². The number of nitrogens with one attached hydrogen (secondary N) is 1. The van der Waals surface area contributed by atoms with Crippen molar-refractivity contribution in [1.29, 1.82) is 5.26 Å². The molecule has 1 aliphatic rings. The molecule has 0 atom stereocenters. The molecule has 1 aliphatic heterocycles. The molecule has 0 aliphatic carbocycles. The van der Waals surface area contributed by atoms with Crippen LogP contribution in [0.3, 0.4) is 0 Å². The van der Waals surface area contributed by atoms with Crippen LogP contribution in [0, 0.1) is 11.3 Å². The number of hydrogen-bond acceptors (Lipinski definition) is 4. The molecule has 2 aromatic carbocycles. The molecule has 1 N–H and O–H groups in total. The number of hydrogen-bond donors (Lipinski definition) is 1. The van der Waals surface area contributed by atoms with Gasteiger partial charge in [0.05, 0.1) is 11.3 Å². The van der Waals surface area contributed by atoms with E-state index >= 15 is 0 Å². The van der Waals surface area contributed by atoms with Crippen LogP contribution in [0.4, 0.5) is 5.69 Å². The van der Waals surface area contributed by atoms with Crippen molar-refractivity contribution in [2.24, 2.45) is 0 Å². The molecule has 0 amide bonds. The molecule has 1 saturated heterocycles. The van der Waals surface area contributed by atoms with Crippen LogP contribution in [0.15, 0.2) is 48.5 Å². The average molecular weight is 291 g/mol. The Kier molecular flexibility index (Phi) is 4.17. The molecule has 22 heavy (non-hydrogen) atoms. The second-order valence-electron chi connectivity index (χ2n) is 5.25. The molecule has 1 heterocycles. The van der Waals surface area contributed by atoms with Crippen LogP contribution in [-0.4, -0.2) is 32.0 Å². The zero-order chi connectivity index (χ0) is 15.4. The number of nitriles is 1. The van der Waals surface area contributed by atoms with E-state index in [0.29, 0.717) is 16.7 Å². The summed E-state index contributed by atoms with van der Waals surface area (Å²) >= 11 is 0. The lowest BCUT2D eigenvalue weighted by Crippen LogP contribution is -2.44. The summed E-state index contributed by atoms with van der Waals surface area (Å²) in [6, 6.07) is 16.8. The Morgan fingerprint density at radius 2 is 1.77 bits per heavy atom. The third-order valence-electron chi connectivity index (χ3n) is 3.87. The highest BCUT2D eigenvalue weighted by Gasteiger charge is 2.22. The first-order chi connectivity index (χ1) is 10.8. The van der Waals surface area contributed by atoms with Crippen molar-refractivity contribution >= 4 is 11.5 Å². The number of ketones is 1. The highest BCUT2D eigenvalue weighted by atomic mass is 16.1. The van der Waals surface area contributed by atoms with Crippen molar-refractivity contribution in [1.82, 2.24) is 5.32 Å². The smallest absolute Gasteiger partial charge is 0.195 e. The Morgan fingerprint density at radius 1 is 1.05 bits per heavy atom. The van der Waals surface area contributed by atoms with Gasteiger partial charge in [-0.3, -0.25) is 4.79 Å². The van der Waals surface area contributed by atoms with E-state index in [1.165, 1.54) is 0 Å². The van der Waals surface area contributed by atoms with Gasteiger partial charge in [-0.15, -0.1) is 0 Å². The molecule has 4 heteroatoms. The number of benzene rings is 2. The fourth-order valence-electron chi connectivity index (χ4n) is 2.79. The maximum Gasteiger partial charge on any atom is 0.195 e. The van der Waals surface area contributed by atoms with Gasteiger partial charge in [-0.05, 0) is 12.1 Å². The van der Waals surface area contributed by atoms with Gasteiger partial charge in [0, 0.05) is 37.3 Å². The summed E-state index contributed by atoms with van der Waals surface area (Å²) in [4.78, 5) is 15.0. The third-order valence-corrected chi connectivity index (χ3v) is 3.87. The number of anilines is 1. The molecule has 0 spiro atoms. The Morgan fingerprint density at radius 3 is 2.45 bits per heavy atom. The number of nitrogens with zero attached hydrogens (tertiary/aromatic N) is 2. The minimum atomic E-state index is -0.0359. The fraction of sp³-hybridized carbons (Fsp3) is 0.222. The number of piperazine rings is 1. The Balaban J connectivity index is 2.07. The molecule has 0 unspecified atom stereocenters. The summed E-state index contributed by atoms with van der Waals surface area (Å²) < 4.78 is 0. The van der Waals surface area contributed by atoms with Gasteiger partial charge in [-0.1, -0.05) is 36.4 Å². The molecule has 4 nitrogen and oxygen atoms in total. The summed E-state index contributed by atoms with van der Waals surface area (Å²) in [5.74, 6) is -0.0359. The predicted octanol–water partition coefficient (Wildman–Crippen LogP) is 2.20. The van der Waals surface area contributed by atoms with E-state index in [4.69, 9.17) is 0 Å². The van der Waals surface area contributed by atoms with Gasteiger partial charge in [-0.25, -0.2) is 0 Å². The summed E-state index contributed by atoms with van der Waals surface area (Å²) in [7, 11) is 0. The standard InChI is InChI=1S/C18H17N3O/c19-13-15-7-4-8-16(17(15)21-11-9-20-10-12-21)18(22)14-5-2-1-3-6-14/h1-8,20H,9-12H2. The van der Waals surface area contributed by atoms with Gasteiger partial charge in [0.15, 0.2) is 5.78 Å². The van der Waals surface area contributed by atoms with Crippen LogP contribution < -0.4 is 10.2 Å². The molecule has 3 rings (SSSR count). The van der Waals surface area contributed by atoms with E-state index in [2.05, 4.69) is 16.3 Å². The van der Waals surface area contributed by atoms with E-state index in [9.17, 15) is 10.1 Å². The third kappa shape index (κ3) is 2.72. The first-order valence-corrected chi connectivity index (χ1v) is 7.40. The topological polar surface area (TPSA) is 56.1 Å². The highest BCUT2D eigenvalue weighted by molar-refractivity contribution is 6.13. The quantitative estimate of drug-likeness (QED) is 0.881. The fourth-order valence-corrected chi connectivity index (χ4v) is 2.79. The van der Waals surface area contributed by atoms with Crippen molar-refractivity contribution in [2.45, 2.75) is 0 Å². The van der Waals surface area contributed by atoms with Crippen molar-refractivity contribution in [3.8, 4) is 6.07 Å². The molecule has 0 saturated carbocycles. The summed E-state index contributed by atoms with van der Waals surface area (Å²) in [5, 5.41) is 12.7. The molecule has 0 bridgehead atoms. The van der Waals surface area contributed by atoms with Crippen LogP contribution in [-0.2, 0) is 0 Å². The molecule has 1 fully saturated rings. The first kappa shape index (κ1) is 14.3. The minimum absolute atomic E-state index is 0.0359. The molecule has 0 radical (unpaired) electrons. The van der Waals surface area contributed by atoms with E-state index in [-0.39, 0.29) is 5.78 Å². The Bertz CT molecular complexity index is 713. The summed E-state index contributed by atoms with van der Waals surface area (Å²) in [6.45, 7) is 3.32. The van der Waals surface area contributed by atoms with Crippen LogP contribution in [0.1, 0.15) is 21.5 Å². The van der Waals surface area contributed by atoms with Gasteiger partial charge < -0.3 is 10.2 Å². The van der Waals surface area contributed by atoms with Crippen molar-refractivity contribution in [3.05, 3.63) is 65.2 Å². The maximum atomic E-state index is 12.8. The monoisotopic (exact) mass is 291 g/mol.